The van der Waals surface area contributed by atoms with Crippen LogP contribution in [0.15, 0.2) is 18.2 Å². The molecule has 5 heteroatoms. The third-order valence-corrected chi connectivity index (χ3v) is 3.41. The Morgan fingerprint density at radius 1 is 1.15 bits per heavy atom. The molecule has 0 atom stereocenters. The van der Waals surface area contributed by atoms with Crippen LogP contribution in [-0.4, -0.2) is 71.3 Å². The number of rotatable bonds is 0. The van der Waals surface area contributed by atoms with Crippen LogP contribution in [0.5, 0.6) is 0 Å². The van der Waals surface area contributed by atoms with E-state index in [1.54, 1.807) is -0.342 Å². The third kappa shape index (κ3) is 7.84. The summed E-state index contributed by atoms with van der Waals surface area (Å²) in [5.41, 5.74) is 2.84. The predicted octanol–water partition coefficient (Wildman–Crippen LogP) is -0.955. The number of benzene rings is 1. The molecule has 13 heavy (non-hydrogen) atoms. The average molecular weight is 206 g/mol. The molecule has 3 N–H and O–H groups in total. The Morgan fingerprint density at radius 3 is 1.92 bits per heavy atom. The van der Waals surface area contributed by atoms with Crippen molar-refractivity contribution in [3.63, 3.8) is 0 Å². The first-order chi connectivity index (χ1) is 5.93. The molecule has 3 nitrogen and oxygen atoms in total. The predicted molar refractivity (Wildman–Crippen MR) is 53.7 cm³/mol. The van der Waals surface area contributed by atoms with Crippen molar-refractivity contribution in [2.24, 2.45) is 0 Å². The molecule has 1 rings (SSSR count). The first-order valence-electron chi connectivity index (χ1n) is 4.01. The zero-order valence-electron chi connectivity index (χ0n) is 8.15. The molecule has 0 radical (unpaired) electrons. The molecule has 0 aliphatic carbocycles. The maximum absolute atomic E-state index is 7.17. The maximum Gasteiger partial charge on any atom is 0.631 e. The van der Waals surface area contributed by atoms with E-state index in [0.29, 0.717) is 0 Å². The second kappa shape index (κ2) is 7.14. The Bertz CT molecular complexity index is 263. The van der Waals surface area contributed by atoms with Crippen molar-refractivity contribution in [2.75, 3.05) is 0 Å². The summed E-state index contributed by atoms with van der Waals surface area (Å²) in [5.74, 6) is 0. The molecule has 0 bridgehead atoms. The first kappa shape index (κ1) is 13.8. The molecule has 0 aliphatic rings. The van der Waals surface area contributed by atoms with Gasteiger partial charge in [-0.05, 0) is 0 Å². The summed E-state index contributed by atoms with van der Waals surface area (Å²) in [5, 5.41) is 21.5. The molecule has 0 fully saturated rings. The Kier molecular flexibility index (Phi) is 7.58. The van der Waals surface area contributed by atoms with Crippen molar-refractivity contribution in [3.05, 3.63) is 29.3 Å². The van der Waals surface area contributed by atoms with Gasteiger partial charge in [-0.2, -0.15) is 0 Å². The molecule has 0 aliphatic heterocycles. The fraction of sp³-hybridized carbons (Fsp3) is 0.250. The van der Waals surface area contributed by atoms with E-state index in [4.69, 9.17) is 15.1 Å². The molecule has 0 saturated heterocycles. The van der Waals surface area contributed by atoms with Gasteiger partial charge in [-0.25, -0.2) is 0 Å². The van der Waals surface area contributed by atoms with E-state index in [2.05, 4.69) is 32.0 Å². The summed E-state index contributed by atoms with van der Waals surface area (Å²) in [7, 11) is -2.17. The van der Waals surface area contributed by atoms with Crippen LogP contribution in [0, 0.1) is 13.8 Å². The summed E-state index contributed by atoms with van der Waals surface area (Å²) in [6, 6.07) is 6.68. The van der Waals surface area contributed by atoms with Gasteiger partial charge in [0, 0.05) is 0 Å². The minimum atomic E-state index is -2.17. The monoisotopic (exact) mass is 206 g/mol. The minimum absolute atomic E-state index is 0.838. The van der Waals surface area contributed by atoms with E-state index in [0.717, 1.165) is 49.0 Å². The quantitative estimate of drug-likeness (QED) is 0.479. The Balaban J connectivity index is 0.000000310. The van der Waals surface area contributed by atoms with Crippen LogP contribution in [0.2, 0.25) is 0 Å². The summed E-state index contributed by atoms with van der Waals surface area (Å²) in [6.07, 6.45) is 0. The molecule has 0 amide bonds. The van der Waals surface area contributed by atoms with Gasteiger partial charge in [0.25, 0.3) is 0 Å². The molecule has 0 unspecified atom stereocenters. The van der Waals surface area contributed by atoms with E-state index in [-0.39, 0.29) is 0 Å². The van der Waals surface area contributed by atoms with Crippen molar-refractivity contribution in [1.82, 2.24) is 0 Å². The van der Waals surface area contributed by atoms with Crippen LogP contribution >= 0.6 is 0 Å². The molecule has 0 heterocycles. The molecule has 1 aromatic rings. The van der Waals surface area contributed by atoms with Crippen LogP contribution in [0.1, 0.15) is 11.1 Å². The number of hydrogen-bond acceptors (Lipinski definition) is 3. The standard InChI is InChI=1S/C8H9.BH3O3.K/c1-7-4-3-5-8(2)6-7;2-1(3)4;/h3-4,6H,1-2H3;2-4H;. The van der Waals surface area contributed by atoms with Gasteiger partial charge in [-0.15, -0.1) is 0 Å². The molecule has 66 valence electrons. The van der Waals surface area contributed by atoms with E-state index in [1.807, 2.05) is 0 Å². The largest absolute Gasteiger partial charge is 0.631 e. The SMILES string of the molecule is Cc1cc[c]([K])c(C)c1.OB(O)O. The van der Waals surface area contributed by atoms with E-state index in [9.17, 15) is 0 Å². The zero-order chi connectivity index (χ0) is 10.4. The van der Waals surface area contributed by atoms with Crippen molar-refractivity contribution in [3.8, 4) is 0 Å². The molecule has 1 aromatic carbocycles. The average Bonchev–Trinajstić information content (AvgIpc) is 1.96. The van der Waals surface area contributed by atoms with Crippen LogP contribution in [-0.2, 0) is 0 Å². The van der Waals surface area contributed by atoms with Gasteiger partial charge in [0.05, 0.1) is 0 Å². The van der Waals surface area contributed by atoms with E-state index < -0.39 is 7.32 Å². The van der Waals surface area contributed by atoms with Gasteiger partial charge in [-0.1, -0.05) is 0 Å². The molecule has 0 saturated carbocycles. The van der Waals surface area contributed by atoms with Gasteiger partial charge in [0.2, 0.25) is 0 Å². The second-order valence-corrected chi connectivity index (χ2v) is 4.62. The number of aryl methyl sites for hydroxylation is 2. The normalized spacial score (nSPS) is 8.85. The Labute approximate surface area is 113 Å². The third-order valence-electron chi connectivity index (χ3n) is 1.66. The van der Waals surface area contributed by atoms with Gasteiger partial charge in [-0.3, -0.25) is 0 Å². The molecule has 0 aromatic heterocycles. The fourth-order valence-electron chi connectivity index (χ4n) is 0.891. The maximum atomic E-state index is 7.17. The van der Waals surface area contributed by atoms with E-state index >= 15 is 0 Å². The van der Waals surface area contributed by atoms with Gasteiger partial charge >= 0.3 is 99.1 Å². The van der Waals surface area contributed by atoms with Crippen molar-refractivity contribution in [2.45, 2.75) is 13.8 Å². The van der Waals surface area contributed by atoms with Crippen molar-refractivity contribution in [1.29, 1.82) is 0 Å². The van der Waals surface area contributed by atoms with Gasteiger partial charge in [0.1, 0.15) is 0 Å². The summed E-state index contributed by atoms with van der Waals surface area (Å²) in [4.78, 5) is 0. The van der Waals surface area contributed by atoms with Crippen LogP contribution in [0.3, 0.4) is 0 Å². The molecular formula is C8H12BKO3. The van der Waals surface area contributed by atoms with E-state index in [1.165, 1.54) is 11.1 Å². The fourth-order valence-corrected chi connectivity index (χ4v) is 1.38. The summed E-state index contributed by atoms with van der Waals surface area (Å²) < 4.78 is 1.56. The smallest absolute Gasteiger partial charge is 0.402 e. The van der Waals surface area contributed by atoms with Gasteiger partial charge in [0.15, 0.2) is 0 Å². The Morgan fingerprint density at radius 2 is 1.62 bits per heavy atom. The molecule has 0 spiro atoms. The summed E-state index contributed by atoms with van der Waals surface area (Å²) >= 11 is 0.838. The van der Waals surface area contributed by atoms with Crippen LogP contribution in [0.4, 0.5) is 0 Å². The van der Waals surface area contributed by atoms with Crippen molar-refractivity contribution < 1.29 is 15.1 Å². The second-order valence-electron chi connectivity index (χ2n) is 2.93. The molecular weight excluding hydrogens is 194 g/mol. The van der Waals surface area contributed by atoms with Gasteiger partial charge < -0.3 is 15.1 Å². The van der Waals surface area contributed by atoms with Crippen molar-refractivity contribution >= 4 is 55.9 Å². The van der Waals surface area contributed by atoms with Crippen LogP contribution in [0.25, 0.3) is 0 Å². The topological polar surface area (TPSA) is 60.7 Å². The zero-order valence-corrected chi connectivity index (χ0v) is 11.3. The minimum Gasteiger partial charge on any atom is -0.402 e. The first-order valence-corrected chi connectivity index (χ1v) is 5.57. The number of hydrogen-bond donors (Lipinski definition) is 3. The Hall–Kier alpha value is 0.801. The van der Waals surface area contributed by atoms with Crippen LogP contribution < -0.4 is -0.342 Å². The summed E-state index contributed by atoms with van der Waals surface area (Å²) in [6.45, 7) is 4.33.